The number of nitrogens with zero attached hydrogens (tertiary/aromatic N) is 3. The number of anilines is 2. The van der Waals surface area contributed by atoms with Crippen LogP contribution in [0.4, 0.5) is 20.8 Å². The van der Waals surface area contributed by atoms with Crippen molar-refractivity contribution in [3.63, 3.8) is 0 Å². The number of methoxy groups -OCH3 is 1. The van der Waals surface area contributed by atoms with Crippen LogP contribution in [0.5, 0.6) is 0 Å². The highest BCUT2D eigenvalue weighted by molar-refractivity contribution is 7.16. The molecule has 0 saturated carbocycles. The molecule has 4 rings (SSSR count). The van der Waals surface area contributed by atoms with Gasteiger partial charge in [-0.15, -0.1) is 11.3 Å². The molecule has 2 aliphatic rings. The second-order valence-corrected chi connectivity index (χ2v) is 8.44. The van der Waals surface area contributed by atoms with Gasteiger partial charge in [-0.05, 0) is 44.7 Å². The van der Waals surface area contributed by atoms with Gasteiger partial charge in [0.05, 0.1) is 16.9 Å². The molecular weight excluding hydrogens is 434 g/mol. The minimum Gasteiger partial charge on any atom is -0.385 e. The second kappa shape index (κ2) is 10.1. The van der Waals surface area contributed by atoms with Crippen LogP contribution in [0, 0.1) is 12.7 Å². The molecule has 1 fully saturated rings. The van der Waals surface area contributed by atoms with Gasteiger partial charge in [-0.1, -0.05) is 0 Å². The van der Waals surface area contributed by atoms with Crippen molar-refractivity contribution >= 4 is 55.3 Å². The molecule has 5 nitrogen and oxygen atoms in total. The zero-order valence-corrected chi connectivity index (χ0v) is 19.0. The van der Waals surface area contributed by atoms with E-state index in [0.29, 0.717) is 6.04 Å². The van der Waals surface area contributed by atoms with Crippen LogP contribution in [0.1, 0.15) is 16.9 Å². The van der Waals surface area contributed by atoms with Crippen molar-refractivity contribution in [1.29, 1.82) is 0 Å². The third kappa shape index (κ3) is 5.03. The van der Waals surface area contributed by atoms with Crippen molar-refractivity contribution in [2.24, 2.45) is 4.99 Å². The van der Waals surface area contributed by atoms with Crippen molar-refractivity contribution in [3.05, 3.63) is 40.5 Å². The molecule has 3 heterocycles. The summed E-state index contributed by atoms with van der Waals surface area (Å²) in [5, 5.41) is 4.43. The molecule has 1 saturated heterocycles. The Morgan fingerprint density at radius 1 is 1.31 bits per heavy atom. The van der Waals surface area contributed by atoms with Crippen LogP contribution in [0.15, 0.2) is 29.3 Å². The predicted octanol–water partition coefficient (Wildman–Crippen LogP) is 5.36. The van der Waals surface area contributed by atoms with E-state index in [4.69, 9.17) is 9.73 Å². The van der Waals surface area contributed by atoms with Crippen LogP contribution in [-0.2, 0) is 4.74 Å². The Morgan fingerprint density at radius 3 is 2.86 bits per heavy atom. The summed E-state index contributed by atoms with van der Waals surface area (Å²) >= 11 is 1.68. The number of piperazine rings is 1. The summed E-state index contributed by atoms with van der Waals surface area (Å²) in [4.78, 5) is 10.9. The average Bonchev–Trinajstić information content (AvgIpc) is 3.01. The van der Waals surface area contributed by atoms with Crippen molar-refractivity contribution in [1.82, 2.24) is 9.80 Å². The molecule has 29 heavy (non-hydrogen) atoms. The third-order valence-electron chi connectivity index (χ3n) is 5.26. The Labute approximate surface area is 184 Å². The number of thiophene rings is 1. The number of hydrogen-bond acceptors (Lipinski definition) is 6. The molecule has 1 aromatic carbocycles. The standard InChI is InChI=1S/C20H25FN4OS.Cl2/c1-13-10-16-19(25-8-7-24(2)15(12-25)6-9-26-3)22-17-5-4-14(21)11-18(17)23-20(16)27-13;1-2/h4-5,10-11,15,23H,6-9,12H2,1-3H3;/t15-;/m0./s1. The van der Waals surface area contributed by atoms with Gasteiger partial charge in [0, 0.05) is 66.0 Å². The summed E-state index contributed by atoms with van der Waals surface area (Å²) in [6.07, 6.45) is 0.992. The quantitative estimate of drug-likeness (QED) is 0.671. The lowest BCUT2D eigenvalue weighted by atomic mass is 10.1. The first-order valence-electron chi connectivity index (χ1n) is 9.39. The number of nitrogens with one attached hydrogen (secondary N) is 1. The number of ether oxygens (including phenoxy) is 1. The Hall–Kier alpha value is -1.38. The number of amidine groups is 1. The highest BCUT2D eigenvalue weighted by atomic mass is 36.5. The van der Waals surface area contributed by atoms with E-state index in [0.717, 1.165) is 60.4 Å². The molecule has 0 unspecified atom stereocenters. The van der Waals surface area contributed by atoms with E-state index in [1.165, 1.54) is 17.0 Å². The molecule has 0 aliphatic carbocycles. The van der Waals surface area contributed by atoms with Crippen LogP contribution in [0.2, 0.25) is 0 Å². The van der Waals surface area contributed by atoms with E-state index in [1.54, 1.807) is 24.5 Å². The SMILES string of the molecule is COCC[C@H]1CN(C2=Nc3ccc(F)cc3Nc3sc(C)cc32)CCN1C.ClCl. The van der Waals surface area contributed by atoms with Gasteiger partial charge in [-0.2, -0.15) is 0 Å². The highest BCUT2D eigenvalue weighted by Gasteiger charge is 2.30. The Kier molecular flexibility index (Phi) is 7.76. The number of fused-ring (bicyclic) bond motifs is 2. The molecule has 9 heteroatoms. The summed E-state index contributed by atoms with van der Waals surface area (Å²) in [6, 6.07) is 7.34. The molecule has 0 amide bonds. The number of halogens is 3. The van der Waals surface area contributed by atoms with E-state index in [2.05, 4.69) is 56.9 Å². The normalized spacial score (nSPS) is 18.6. The van der Waals surface area contributed by atoms with Gasteiger partial charge in [0.15, 0.2) is 0 Å². The lowest BCUT2D eigenvalue weighted by molar-refractivity contribution is 0.100. The zero-order valence-electron chi connectivity index (χ0n) is 16.7. The van der Waals surface area contributed by atoms with Gasteiger partial charge < -0.3 is 15.0 Å². The Bertz CT molecular complexity index is 876. The van der Waals surface area contributed by atoms with Crippen LogP contribution >= 0.6 is 33.0 Å². The summed E-state index contributed by atoms with van der Waals surface area (Å²) in [5.74, 6) is 0.719. The average molecular weight is 459 g/mol. The fourth-order valence-electron chi connectivity index (χ4n) is 3.72. The van der Waals surface area contributed by atoms with Gasteiger partial charge in [0.2, 0.25) is 0 Å². The summed E-state index contributed by atoms with van der Waals surface area (Å²) in [7, 11) is 12.1. The molecule has 2 aromatic rings. The van der Waals surface area contributed by atoms with Crippen molar-refractivity contribution in [3.8, 4) is 0 Å². The largest absolute Gasteiger partial charge is 0.385 e. The van der Waals surface area contributed by atoms with Gasteiger partial charge in [-0.25, -0.2) is 9.38 Å². The number of hydrogen-bond donors (Lipinski definition) is 1. The second-order valence-electron chi connectivity index (χ2n) is 7.18. The highest BCUT2D eigenvalue weighted by Crippen LogP contribution is 2.39. The first-order valence-corrected chi connectivity index (χ1v) is 11.4. The van der Waals surface area contributed by atoms with E-state index < -0.39 is 0 Å². The number of benzene rings is 1. The molecule has 1 atom stereocenters. The Balaban J connectivity index is 0.00000117. The first kappa shape index (κ1) is 22.3. The van der Waals surface area contributed by atoms with Crippen LogP contribution in [0.3, 0.4) is 0 Å². The molecule has 158 valence electrons. The van der Waals surface area contributed by atoms with Crippen molar-refractivity contribution in [2.75, 3.05) is 45.7 Å². The maximum Gasteiger partial charge on any atom is 0.139 e. The smallest absolute Gasteiger partial charge is 0.139 e. The van der Waals surface area contributed by atoms with Gasteiger partial charge in [0.25, 0.3) is 0 Å². The first-order chi connectivity index (χ1) is 14.0. The molecule has 1 aromatic heterocycles. The monoisotopic (exact) mass is 458 g/mol. The molecular formula is C20H25Cl2FN4OS. The topological polar surface area (TPSA) is 40.1 Å². The molecule has 0 radical (unpaired) electrons. The zero-order chi connectivity index (χ0) is 21.0. The lowest BCUT2D eigenvalue weighted by Gasteiger charge is -2.40. The summed E-state index contributed by atoms with van der Waals surface area (Å²) in [5.41, 5.74) is 2.60. The number of rotatable bonds is 3. The van der Waals surface area contributed by atoms with E-state index in [1.807, 2.05) is 0 Å². The van der Waals surface area contributed by atoms with Gasteiger partial charge >= 0.3 is 0 Å². The third-order valence-corrected chi connectivity index (χ3v) is 6.23. The molecule has 1 N–H and O–H groups in total. The van der Waals surface area contributed by atoms with Crippen LogP contribution < -0.4 is 5.32 Å². The molecule has 2 aliphatic heterocycles. The fourth-order valence-corrected chi connectivity index (χ4v) is 4.64. The van der Waals surface area contributed by atoms with Crippen molar-refractivity contribution < 1.29 is 9.13 Å². The Morgan fingerprint density at radius 2 is 2.10 bits per heavy atom. The fraction of sp³-hybridized carbons (Fsp3) is 0.450. The molecule has 0 spiro atoms. The number of aryl methyl sites for hydroxylation is 1. The van der Waals surface area contributed by atoms with Crippen LogP contribution in [-0.4, -0.2) is 62.1 Å². The van der Waals surface area contributed by atoms with Crippen molar-refractivity contribution in [2.45, 2.75) is 19.4 Å². The van der Waals surface area contributed by atoms with Gasteiger partial charge in [0.1, 0.15) is 16.7 Å². The van der Waals surface area contributed by atoms with E-state index in [9.17, 15) is 4.39 Å². The maximum atomic E-state index is 13.8. The van der Waals surface area contributed by atoms with Gasteiger partial charge in [-0.3, -0.25) is 4.90 Å². The molecule has 0 bridgehead atoms. The summed E-state index contributed by atoms with van der Waals surface area (Å²) in [6.45, 7) is 5.65. The van der Waals surface area contributed by atoms with E-state index in [-0.39, 0.29) is 5.82 Å². The number of aliphatic imine (C=N–C) groups is 1. The van der Waals surface area contributed by atoms with Crippen LogP contribution in [0.25, 0.3) is 0 Å². The predicted molar refractivity (Wildman–Crippen MR) is 121 cm³/mol. The van der Waals surface area contributed by atoms with E-state index >= 15 is 0 Å². The number of likely N-dealkylation sites (N-methyl/N-ethyl adjacent to an activating group) is 1. The minimum absolute atomic E-state index is 0.256. The summed E-state index contributed by atoms with van der Waals surface area (Å²) < 4.78 is 19.1. The minimum atomic E-state index is -0.256. The maximum absolute atomic E-state index is 13.8. The lowest BCUT2D eigenvalue weighted by Crippen LogP contribution is -2.53.